The van der Waals surface area contributed by atoms with Crippen molar-refractivity contribution in [3.05, 3.63) is 34.4 Å². The van der Waals surface area contributed by atoms with E-state index in [1.807, 2.05) is 7.11 Å². The predicted octanol–water partition coefficient (Wildman–Crippen LogP) is 3.83. The molecule has 1 unspecified atom stereocenters. The summed E-state index contributed by atoms with van der Waals surface area (Å²) >= 11 is 0. The first-order valence-corrected chi connectivity index (χ1v) is 7.31. The number of methoxy groups -OCH3 is 1. The standard InChI is InChI=1S/C17H27NO/c1-12-9-14(3)15(10-13(12)2)16(18-4)11-17(19-5)7-6-8-17/h9-10,16,18H,6-8,11H2,1-5H3. The molecule has 0 heterocycles. The summed E-state index contributed by atoms with van der Waals surface area (Å²) in [4.78, 5) is 0. The minimum Gasteiger partial charge on any atom is -0.378 e. The summed E-state index contributed by atoms with van der Waals surface area (Å²) in [7, 11) is 3.92. The lowest BCUT2D eigenvalue weighted by atomic mass is 9.74. The van der Waals surface area contributed by atoms with Gasteiger partial charge < -0.3 is 10.1 Å². The maximum Gasteiger partial charge on any atom is 0.0697 e. The summed E-state index contributed by atoms with van der Waals surface area (Å²) in [5, 5.41) is 3.48. The zero-order valence-electron chi connectivity index (χ0n) is 13.0. The van der Waals surface area contributed by atoms with Crippen molar-refractivity contribution in [1.82, 2.24) is 5.32 Å². The van der Waals surface area contributed by atoms with E-state index < -0.39 is 0 Å². The molecule has 0 amide bonds. The number of hydrogen-bond acceptors (Lipinski definition) is 2. The van der Waals surface area contributed by atoms with Gasteiger partial charge in [0.1, 0.15) is 0 Å². The average molecular weight is 261 g/mol. The maximum absolute atomic E-state index is 5.78. The molecule has 0 saturated heterocycles. The lowest BCUT2D eigenvalue weighted by molar-refractivity contribution is -0.0834. The van der Waals surface area contributed by atoms with Gasteiger partial charge in [0.2, 0.25) is 0 Å². The van der Waals surface area contributed by atoms with Crippen LogP contribution in [0.1, 0.15) is 54.0 Å². The molecule has 1 atom stereocenters. The Morgan fingerprint density at radius 2 is 1.79 bits per heavy atom. The Morgan fingerprint density at radius 1 is 1.16 bits per heavy atom. The van der Waals surface area contributed by atoms with Crippen molar-refractivity contribution in [3.63, 3.8) is 0 Å². The Bertz CT molecular complexity index is 443. The van der Waals surface area contributed by atoms with E-state index in [0.717, 1.165) is 6.42 Å². The average Bonchev–Trinajstić information content (AvgIpc) is 2.34. The van der Waals surface area contributed by atoms with Crippen LogP contribution in [0.3, 0.4) is 0 Å². The van der Waals surface area contributed by atoms with Gasteiger partial charge in [0.05, 0.1) is 5.60 Å². The topological polar surface area (TPSA) is 21.3 Å². The van der Waals surface area contributed by atoms with Crippen LogP contribution in [-0.4, -0.2) is 19.8 Å². The molecule has 1 aromatic carbocycles. The molecule has 1 aliphatic rings. The summed E-state index contributed by atoms with van der Waals surface area (Å²) in [6.07, 6.45) is 4.77. The van der Waals surface area contributed by atoms with Crippen molar-refractivity contribution in [1.29, 1.82) is 0 Å². The Balaban J connectivity index is 2.24. The second kappa shape index (κ2) is 5.64. The van der Waals surface area contributed by atoms with E-state index >= 15 is 0 Å². The maximum atomic E-state index is 5.78. The molecule has 19 heavy (non-hydrogen) atoms. The quantitative estimate of drug-likeness (QED) is 0.869. The SMILES string of the molecule is CNC(CC1(OC)CCC1)c1cc(C)c(C)cc1C. The highest BCUT2D eigenvalue weighted by atomic mass is 16.5. The van der Waals surface area contributed by atoms with E-state index in [-0.39, 0.29) is 5.60 Å². The summed E-state index contributed by atoms with van der Waals surface area (Å²) < 4.78 is 5.78. The first-order chi connectivity index (χ1) is 9.01. The number of hydrogen-bond donors (Lipinski definition) is 1. The highest BCUT2D eigenvalue weighted by Crippen LogP contribution is 2.42. The minimum atomic E-state index is 0.110. The number of aryl methyl sites for hydroxylation is 3. The van der Waals surface area contributed by atoms with Crippen molar-refractivity contribution in [2.75, 3.05) is 14.2 Å². The van der Waals surface area contributed by atoms with Crippen LogP contribution in [-0.2, 0) is 4.74 Å². The van der Waals surface area contributed by atoms with Gasteiger partial charge in [-0.25, -0.2) is 0 Å². The minimum absolute atomic E-state index is 0.110. The van der Waals surface area contributed by atoms with Gasteiger partial charge in [-0.15, -0.1) is 0 Å². The van der Waals surface area contributed by atoms with E-state index in [2.05, 4.69) is 45.3 Å². The number of benzene rings is 1. The second-order valence-electron chi connectivity index (χ2n) is 6.08. The molecule has 1 saturated carbocycles. The second-order valence-corrected chi connectivity index (χ2v) is 6.08. The molecular weight excluding hydrogens is 234 g/mol. The Morgan fingerprint density at radius 3 is 2.26 bits per heavy atom. The van der Waals surface area contributed by atoms with Crippen molar-refractivity contribution in [2.24, 2.45) is 0 Å². The van der Waals surface area contributed by atoms with E-state index in [0.29, 0.717) is 6.04 Å². The molecule has 0 radical (unpaired) electrons. The van der Waals surface area contributed by atoms with Gasteiger partial charge in [-0.1, -0.05) is 12.1 Å². The lowest BCUT2D eigenvalue weighted by Gasteiger charge is -2.43. The van der Waals surface area contributed by atoms with Crippen LogP contribution in [0.5, 0.6) is 0 Å². The summed E-state index contributed by atoms with van der Waals surface area (Å²) in [5.41, 5.74) is 5.67. The van der Waals surface area contributed by atoms with E-state index in [1.165, 1.54) is 41.5 Å². The molecule has 0 spiro atoms. The van der Waals surface area contributed by atoms with Crippen LogP contribution >= 0.6 is 0 Å². The largest absolute Gasteiger partial charge is 0.378 e. The van der Waals surface area contributed by atoms with E-state index in [1.54, 1.807) is 0 Å². The van der Waals surface area contributed by atoms with Crippen LogP contribution < -0.4 is 5.32 Å². The summed E-state index contributed by atoms with van der Waals surface area (Å²) in [5.74, 6) is 0. The third-order valence-corrected chi connectivity index (χ3v) is 4.88. The molecule has 1 aliphatic carbocycles. The van der Waals surface area contributed by atoms with Gasteiger partial charge in [0.15, 0.2) is 0 Å². The molecular formula is C17H27NO. The molecule has 1 N–H and O–H groups in total. The predicted molar refractivity (Wildman–Crippen MR) is 80.7 cm³/mol. The van der Waals surface area contributed by atoms with E-state index in [4.69, 9.17) is 4.74 Å². The Kier molecular flexibility index (Phi) is 4.32. The van der Waals surface area contributed by atoms with Crippen LogP contribution in [0.2, 0.25) is 0 Å². The Hall–Kier alpha value is -0.860. The third-order valence-electron chi connectivity index (χ3n) is 4.88. The smallest absolute Gasteiger partial charge is 0.0697 e. The Labute approximate surface area is 117 Å². The molecule has 1 fully saturated rings. The molecule has 2 heteroatoms. The van der Waals surface area contributed by atoms with Crippen LogP contribution in [0, 0.1) is 20.8 Å². The molecule has 106 valence electrons. The first kappa shape index (κ1) is 14.5. The van der Waals surface area contributed by atoms with Gasteiger partial charge in [-0.2, -0.15) is 0 Å². The number of ether oxygens (including phenoxy) is 1. The lowest BCUT2D eigenvalue weighted by Crippen LogP contribution is -2.42. The number of nitrogens with one attached hydrogen (secondary N) is 1. The monoisotopic (exact) mass is 261 g/mol. The molecule has 1 aromatic rings. The van der Waals surface area contributed by atoms with Crippen molar-refractivity contribution in [2.45, 2.75) is 58.1 Å². The molecule has 2 nitrogen and oxygen atoms in total. The highest BCUT2D eigenvalue weighted by Gasteiger charge is 2.39. The van der Waals surface area contributed by atoms with Crippen molar-refractivity contribution in [3.8, 4) is 0 Å². The van der Waals surface area contributed by atoms with Crippen molar-refractivity contribution < 1.29 is 4.74 Å². The van der Waals surface area contributed by atoms with Gasteiger partial charge in [0, 0.05) is 13.2 Å². The van der Waals surface area contributed by atoms with Crippen LogP contribution in [0.15, 0.2) is 12.1 Å². The normalized spacial score (nSPS) is 19.0. The number of rotatable bonds is 5. The zero-order chi connectivity index (χ0) is 14.0. The fourth-order valence-corrected chi connectivity index (χ4v) is 3.16. The highest BCUT2D eigenvalue weighted by molar-refractivity contribution is 5.38. The van der Waals surface area contributed by atoms with Gasteiger partial charge >= 0.3 is 0 Å². The van der Waals surface area contributed by atoms with Gasteiger partial charge in [-0.3, -0.25) is 0 Å². The summed E-state index contributed by atoms with van der Waals surface area (Å²) in [6, 6.07) is 5.03. The van der Waals surface area contributed by atoms with Crippen molar-refractivity contribution >= 4 is 0 Å². The molecule has 0 aliphatic heterocycles. The zero-order valence-corrected chi connectivity index (χ0v) is 13.0. The van der Waals surface area contributed by atoms with Crippen LogP contribution in [0.25, 0.3) is 0 Å². The van der Waals surface area contributed by atoms with E-state index in [9.17, 15) is 0 Å². The molecule has 0 bridgehead atoms. The molecule has 2 rings (SSSR count). The summed E-state index contributed by atoms with van der Waals surface area (Å²) in [6.45, 7) is 6.59. The van der Waals surface area contributed by atoms with Crippen LogP contribution in [0.4, 0.5) is 0 Å². The third kappa shape index (κ3) is 2.85. The molecule has 0 aromatic heterocycles. The fraction of sp³-hybridized carbons (Fsp3) is 0.647. The fourth-order valence-electron chi connectivity index (χ4n) is 3.16. The first-order valence-electron chi connectivity index (χ1n) is 7.31. The van der Waals surface area contributed by atoms with Gasteiger partial charge in [-0.05, 0) is 75.8 Å². The van der Waals surface area contributed by atoms with Gasteiger partial charge in [0.25, 0.3) is 0 Å².